The van der Waals surface area contributed by atoms with Crippen LogP contribution < -0.4 is 20.5 Å². The molecule has 0 saturated carbocycles. The van der Waals surface area contributed by atoms with Gasteiger partial charge in [0.2, 0.25) is 5.95 Å². The molecule has 3 heterocycles. The number of hydrogen-bond acceptors (Lipinski definition) is 8. The minimum absolute atomic E-state index is 0.0788. The number of nitrogens with one attached hydrogen (secondary N) is 1. The van der Waals surface area contributed by atoms with E-state index >= 15 is 0 Å². The predicted molar refractivity (Wildman–Crippen MR) is 137 cm³/mol. The highest BCUT2D eigenvalue weighted by atomic mass is 35.5. The van der Waals surface area contributed by atoms with E-state index in [4.69, 9.17) is 16.3 Å². The molecular weight excluding hydrogens is 470 g/mol. The molecule has 9 nitrogen and oxygen atoms in total. The Morgan fingerprint density at radius 2 is 2.00 bits per heavy atom. The first kappa shape index (κ1) is 24.9. The molecule has 1 aliphatic heterocycles. The first-order valence-corrected chi connectivity index (χ1v) is 12.2. The van der Waals surface area contributed by atoms with Gasteiger partial charge in [-0.1, -0.05) is 25.4 Å². The number of hydrogen-bond donors (Lipinski definition) is 2. The van der Waals surface area contributed by atoms with Crippen molar-refractivity contribution in [1.82, 2.24) is 14.5 Å². The van der Waals surface area contributed by atoms with Gasteiger partial charge in [0.25, 0.3) is 5.56 Å². The Labute approximate surface area is 208 Å². The number of carbonyl (C=O) groups excluding carboxylic acids is 1. The van der Waals surface area contributed by atoms with Crippen LogP contribution in [-0.2, 0) is 11.8 Å². The lowest BCUT2D eigenvalue weighted by Crippen LogP contribution is -2.44. The molecule has 2 aromatic heterocycles. The van der Waals surface area contributed by atoms with Gasteiger partial charge in [0.1, 0.15) is 11.6 Å². The molecule has 35 heavy (non-hydrogen) atoms. The lowest BCUT2D eigenvalue weighted by Gasteiger charge is -2.37. The molecule has 0 radical (unpaired) electrons. The van der Waals surface area contributed by atoms with Gasteiger partial charge in [-0.05, 0) is 43.5 Å². The topological polar surface area (TPSA) is 110 Å². The van der Waals surface area contributed by atoms with E-state index in [2.05, 4.69) is 15.3 Å². The summed E-state index contributed by atoms with van der Waals surface area (Å²) in [6.07, 6.45) is 3.96. The van der Waals surface area contributed by atoms with E-state index in [0.29, 0.717) is 49.1 Å². The summed E-state index contributed by atoms with van der Waals surface area (Å²) in [6, 6.07) is 7.17. The SMILES string of the molecule is CCC(=O)COc1cc2cc(Nc3nc(N4CCC(O)(CC)CC4)ncc3Cl)ccc2n(C)c1=O. The number of ketones is 1. The molecule has 0 unspecified atom stereocenters. The van der Waals surface area contributed by atoms with Crippen LogP contribution in [-0.4, -0.2) is 50.7 Å². The highest BCUT2D eigenvalue weighted by molar-refractivity contribution is 6.32. The average molecular weight is 500 g/mol. The number of Topliss-reactive ketones (excluding diaryl/α,β-unsaturated/α-hetero) is 1. The van der Waals surface area contributed by atoms with Crippen LogP contribution in [0, 0.1) is 0 Å². The van der Waals surface area contributed by atoms with Gasteiger partial charge in [0, 0.05) is 37.6 Å². The molecule has 0 aliphatic carbocycles. The summed E-state index contributed by atoms with van der Waals surface area (Å²) in [6.45, 7) is 4.94. The van der Waals surface area contributed by atoms with Crippen molar-refractivity contribution in [2.75, 3.05) is 29.9 Å². The van der Waals surface area contributed by atoms with E-state index in [-0.39, 0.29) is 23.7 Å². The van der Waals surface area contributed by atoms with Crippen LogP contribution in [0.1, 0.15) is 39.5 Å². The van der Waals surface area contributed by atoms with E-state index < -0.39 is 5.60 Å². The summed E-state index contributed by atoms with van der Waals surface area (Å²) < 4.78 is 6.99. The summed E-state index contributed by atoms with van der Waals surface area (Å²) in [5.41, 5.74) is 0.516. The Morgan fingerprint density at radius 3 is 2.69 bits per heavy atom. The number of piperidine rings is 1. The summed E-state index contributed by atoms with van der Waals surface area (Å²) in [7, 11) is 1.66. The van der Waals surface area contributed by atoms with Crippen molar-refractivity contribution in [3.05, 3.63) is 45.8 Å². The Hall–Kier alpha value is -3.17. The minimum atomic E-state index is -0.623. The number of halogens is 1. The van der Waals surface area contributed by atoms with Gasteiger partial charge in [0.15, 0.2) is 17.4 Å². The van der Waals surface area contributed by atoms with Gasteiger partial charge < -0.3 is 24.6 Å². The molecule has 186 valence electrons. The van der Waals surface area contributed by atoms with Crippen LogP contribution in [0.4, 0.5) is 17.5 Å². The number of rotatable bonds is 8. The highest BCUT2D eigenvalue weighted by Crippen LogP contribution is 2.30. The van der Waals surface area contributed by atoms with Crippen LogP contribution in [0.5, 0.6) is 5.75 Å². The number of aromatic nitrogens is 3. The van der Waals surface area contributed by atoms with Crippen molar-refractivity contribution in [2.45, 2.75) is 45.1 Å². The third-order valence-electron chi connectivity index (χ3n) is 6.60. The molecular formula is C25H30ClN5O4. The van der Waals surface area contributed by atoms with Crippen LogP contribution in [0.3, 0.4) is 0 Å². The predicted octanol–water partition coefficient (Wildman–Crippen LogP) is 3.82. The molecule has 1 fully saturated rings. The fourth-order valence-corrected chi connectivity index (χ4v) is 4.24. The van der Waals surface area contributed by atoms with Gasteiger partial charge in [-0.25, -0.2) is 4.98 Å². The van der Waals surface area contributed by atoms with E-state index in [1.165, 1.54) is 4.57 Å². The number of aryl methyl sites for hydroxylation is 1. The number of anilines is 3. The Kier molecular flexibility index (Phi) is 7.28. The van der Waals surface area contributed by atoms with Crippen LogP contribution >= 0.6 is 11.6 Å². The maximum Gasteiger partial charge on any atom is 0.293 e. The lowest BCUT2D eigenvalue weighted by atomic mass is 9.89. The number of benzene rings is 1. The van der Waals surface area contributed by atoms with E-state index in [0.717, 1.165) is 23.0 Å². The maximum absolute atomic E-state index is 12.6. The first-order valence-electron chi connectivity index (χ1n) is 11.8. The average Bonchev–Trinajstić information content (AvgIpc) is 2.87. The molecule has 4 rings (SSSR count). The number of fused-ring (bicyclic) bond motifs is 1. The lowest BCUT2D eigenvalue weighted by molar-refractivity contribution is -0.120. The molecule has 3 aromatic rings. The van der Waals surface area contributed by atoms with E-state index in [1.54, 1.807) is 26.2 Å². The third kappa shape index (κ3) is 5.41. The number of aliphatic hydroxyl groups is 1. The zero-order chi connectivity index (χ0) is 25.2. The summed E-state index contributed by atoms with van der Waals surface area (Å²) >= 11 is 6.38. The van der Waals surface area contributed by atoms with Crippen molar-refractivity contribution in [3.63, 3.8) is 0 Å². The summed E-state index contributed by atoms with van der Waals surface area (Å²) in [4.78, 5) is 35.3. The third-order valence-corrected chi connectivity index (χ3v) is 6.88. The standard InChI is InChI=1S/C25H30ClN5O4/c1-4-18(32)15-35-21-13-16-12-17(6-7-20(16)30(3)23(21)33)28-22-19(26)14-27-24(29-22)31-10-8-25(34,5-2)9-11-31/h6-7,12-14,34H,4-5,8-11,15H2,1-3H3,(H,27,28,29). The molecule has 1 saturated heterocycles. The highest BCUT2D eigenvalue weighted by Gasteiger charge is 2.31. The fourth-order valence-electron chi connectivity index (χ4n) is 4.11. The second kappa shape index (κ2) is 10.2. The minimum Gasteiger partial charge on any atom is -0.480 e. The van der Waals surface area contributed by atoms with Crippen molar-refractivity contribution in [1.29, 1.82) is 0 Å². The van der Waals surface area contributed by atoms with Crippen LogP contribution in [0.25, 0.3) is 10.9 Å². The summed E-state index contributed by atoms with van der Waals surface area (Å²) in [5, 5.41) is 14.9. The molecule has 10 heteroatoms. The molecule has 0 amide bonds. The molecule has 0 bridgehead atoms. The zero-order valence-electron chi connectivity index (χ0n) is 20.2. The maximum atomic E-state index is 12.6. The Balaban J connectivity index is 1.58. The van der Waals surface area contributed by atoms with Crippen molar-refractivity contribution in [2.24, 2.45) is 7.05 Å². The van der Waals surface area contributed by atoms with Crippen LogP contribution in [0.15, 0.2) is 35.3 Å². The number of carbonyl (C=O) groups is 1. The van der Waals surface area contributed by atoms with Gasteiger partial charge in [0.05, 0.1) is 17.3 Å². The van der Waals surface area contributed by atoms with Gasteiger partial charge in [-0.15, -0.1) is 0 Å². The van der Waals surface area contributed by atoms with Gasteiger partial charge in [-0.2, -0.15) is 4.98 Å². The molecule has 1 aromatic carbocycles. The van der Waals surface area contributed by atoms with Crippen molar-refractivity contribution in [3.8, 4) is 5.75 Å². The smallest absolute Gasteiger partial charge is 0.293 e. The van der Waals surface area contributed by atoms with E-state index in [9.17, 15) is 14.7 Å². The molecule has 0 spiro atoms. The second-order valence-corrected chi connectivity index (χ2v) is 9.29. The largest absolute Gasteiger partial charge is 0.480 e. The quantitative estimate of drug-likeness (QED) is 0.481. The molecule has 2 N–H and O–H groups in total. The second-order valence-electron chi connectivity index (χ2n) is 8.88. The molecule has 0 atom stereocenters. The number of nitrogens with zero attached hydrogens (tertiary/aromatic N) is 4. The zero-order valence-corrected chi connectivity index (χ0v) is 20.9. The van der Waals surface area contributed by atoms with Crippen molar-refractivity contribution < 1.29 is 14.6 Å². The first-order chi connectivity index (χ1) is 16.7. The van der Waals surface area contributed by atoms with Gasteiger partial charge >= 0.3 is 0 Å². The molecule has 1 aliphatic rings. The monoisotopic (exact) mass is 499 g/mol. The van der Waals surface area contributed by atoms with Crippen LogP contribution in [0.2, 0.25) is 5.02 Å². The number of ether oxygens (including phenoxy) is 1. The Bertz CT molecular complexity index is 1300. The Morgan fingerprint density at radius 1 is 1.26 bits per heavy atom. The van der Waals surface area contributed by atoms with E-state index in [1.807, 2.05) is 30.0 Å². The van der Waals surface area contributed by atoms with Gasteiger partial charge in [-0.3, -0.25) is 9.59 Å². The van der Waals surface area contributed by atoms with Crippen molar-refractivity contribution >= 4 is 45.7 Å². The summed E-state index contributed by atoms with van der Waals surface area (Å²) in [5.74, 6) is 1.06. The number of pyridine rings is 1. The fraction of sp³-hybridized carbons (Fsp3) is 0.440. The normalized spacial score (nSPS) is 15.3.